The van der Waals surface area contributed by atoms with Crippen molar-refractivity contribution < 1.29 is 24.6 Å². The highest BCUT2D eigenvalue weighted by molar-refractivity contribution is 6.15. The molecule has 3 heterocycles. The van der Waals surface area contributed by atoms with Gasteiger partial charge in [-0.25, -0.2) is 0 Å². The van der Waals surface area contributed by atoms with Crippen molar-refractivity contribution in [3.63, 3.8) is 0 Å². The van der Waals surface area contributed by atoms with Gasteiger partial charge in [0.1, 0.15) is 5.54 Å². The van der Waals surface area contributed by atoms with E-state index in [1.807, 2.05) is 48.5 Å². The minimum Gasteiger partial charge on any atom is -0.504 e. The van der Waals surface area contributed by atoms with Gasteiger partial charge in [-0.3, -0.25) is 24.6 Å². The fourth-order valence-corrected chi connectivity index (χ4v) is 6.05. The van der Waals surface area contributed by atoms with E-state index in [-0.39, 0.29) is 42.2 Å². The van der Waals surface area contributed by atoms with E-state index in [2.05, 4.69) is 10.6 Å². The topological polar surface area (TPSA) is 119 Å². The first-order valence-corrected chi connectivity index (χ1v) is 12.0. The zero-order chi connectivity index (χ0) is 25.0. The van der Waals surface area contributed by atoms with Crippen LogP contribution in [-0.4, -0.2) is 45.4 Å². The van der Waals surface area contributed by atoms with Crippen molar-refractivity contribution in [1.82, 2.24) is 10.2 Å². The number of rotatable bonds is 5. The smallest absolute Gasteiger partial charge is 0.250 e. The van der Waals surface area contributed by atoms with Crippen LogP contribution >= 0.6 is 0 Å². The second-order valence-corrected chi connectivity index (χ2v) is 9.65. The van der Waals surface area contributed by atoms with Gasteiger partial charge in [-0.1, -0.05) is 54.6 Å². The summed E-state index contributed by atoms with van der Waals surface area (Å²) >= 11 is 0. The quantitative estimate of drug-likeness (QED) is 0.327. The van der Waals surface area contributed by atoms with Crippen molar-refractivity contribution >= 4 is 23.4 Å². The molecule has 2 fully saturated rings. The largest absolute Gasteiger partial charge is 0.504 e. The Kier molecular flexibility index (Phi) is 5.08. The van der Waals surface area contributed by atoms with Crippen LogP contribution in [0.4, 0.5) is 5.69 Å². The van der Waals surface area contributed by atoms with Gasteiger partial charge < -0.3 is 15.5 Å². The molecule has 8 nitrogen and oxygen atoms in total. The predicted octanol–water partition coefficient (Wildman–Crippen LogP) is 2.30. The zero-order valence-corrected chi connectivity index (χ0v) is 19.3. The summed E-state index contributed by atoms with van der Waals surface area (Å²) in [5.41, 5.74) is 1.61. The van der Waals surface area contributed by atoms with E-state index in [4.69, 9.17) is 0 Å². The van der Waals surface area contributed by atoms with Crippen LogP contribution < -0.4 is 10.6 Å². The number of carbonyl (C=O) groups is 3. The van der Waals surface area contributed by atoms with Gasteiger partial charge in [0, 0.05) is 23.8 Å². The van der Waals surface area contributed by atoms with E-state index in [0.29, 0.717) is 23.2 Å². The molecule has 4 atom stereocenters. The maximum absolute atomic E-state index is 13.8. The summed E-state index contributed by atoms with van der Waals surface area (Å²) < 4.78 is 0. The molecular weight excluding hydrogens is 458 g/mol. The molecule has 2 saturated heterocycles. The number of benzene rings is 3. The molecule has 36 heavy (non-hydrogen) atoms. The molecule has 0 saturated carbocycles. The lowest BCUT2D eigenvalue weighted by molar-refractivity contribution is -0.142. The van der Waals surface area contributed by atoms with Crippen molar-refractivity contribution in [3.05, 3.63) is 89.5 Å². The van der Waals surface area contributed by atoms with Crippen molar-refractivity contribution in [2.45, 2.75) is 24.4 Å². The number of hydrogen-bond donors (Lipinski definition) is 4. The van der Waals surface area contributed by atoms with E-state index >= 15 is 0 Å². The molecule has 0 aliphatic carbocycles. The number of fused-ring (bicyclic) bond motifs is 4. The van der Waals surface area contributed by atoms with Gasteiger partial charge in [0.05, 0.1) is 11.8 Å². The van der Waals surface area contributed by atoms with Crippen LogP contribution in [0.25, 0.3) is 0 Å². The number of hydrogen-bond acceptors (Lipinski definition) is 6. The van der Waals surface area contributed by atoms with Gasteiger partial charge in [-0.05, 0) is 42.2 Å². The Labute approximate surface area is 207 Å². The van der Waals surface area contributed by atoms with Crippen LogP contribution in [0, 0.1) is 11.8 Å². The van der Waals surface area contributed by atoms with E-state index in [1.54, 1.807) is 12.1 Å². The molecule has 3 aliphatic heterocycles. The molecule has 0 radical (unpaired) electrons. The Bertz CT molecular complexity index is 1390. The second kappa shape index (κ2) is 8.20. The summed E-state index contributed by atoms with van der Waals surface area (Å²) in [6.45, 7) is 0.237. The highest BCUT2D eigenvalue weighted by Crippen LogP contribution is 2.53. The lowest BCUT2D eigenvalue weighted by atomic mass is 9.76. The SMILES string of the molecule is O=C1[C@H]2[C@H](Cc3ccc(O)c(O)c3)N[C@]3(C(=O)Nc4ccccc43)[C@@H]2C(=O)N1CCc1ccccc1. The number of imide groups is 1. The van der Waals surface area contributed by atoms with Gasteiger partial charge in [-0.2, -0.15) is 0 Å². The summed E-state index contributed by atoms with van der Waals surface area (Å²) in [4.78, 5) is 42.4. The van der Waals surface area contributed by atoms with Gasteiger partial charge in [0.15, 0.2) is 11.5 Å². The summed E-state index contributed by atoms with van der Waals surface area (Å²) in [7, 11) is 0. The molecule has 8 heteroatoms. The van der Waals surface area contributed by atoms with Crippen molar-refractivity contribution in [3.8, 4) is 11.5 Å². The lowest BCUT2D eigenvalue weighted by Crippen LogP contribution is -2.53. The van der Waals surface area contributed by atoms with Gasteiger partial charge >= 0.3 is 0 Å². The molecule has 1 spiro atoms. The number of likely N-dealkylation sites (tertiary alicyclic amines) is 1. The Hall–Kier alpha value is -4.17. The lowest BCUT2D eigenvalue weighted by Gasteiger charge is -2.29. The Morgan fingerprint density at radius 1 is 0.833 bits per heavy atom. The first kappa shape index (κ1) is 22.3. The first-order chi connectivity index (χ1) is 17.4. The standard InChI is InChI=1S/C28H25N3O5/c32-21-11-10-17(15-22(21)33)14-20-23-24(28(30-20)18-8-4-5-9-19(18)29-27(28)36)26(35)31(25(23)34)13-12-16-6-2-1-3-7-16/h1-11,15,20,23-24,30,32-33H,12-14H2,(H,29,36)/t20-,23-,24-,28-/m0/s1. The van der Waals surface area contributed by atoms with E-state index in [0.717, 1.165) is 5.56 Å². The third kappa shape index (κ3) is 3.21. The van der Waals surface area contributed by atoms with Crippen molar-refractivity contribution in [1.29, 1.82) is 0 Å². The van der Waals surface area contributed by atoms with Crippen molar-refractivity contribution in [2.75, 3.05) is 11.9 Å². The molecular formula is C28H25N3O5. The summed E-state index contributed by atoms with van der Waals surface area (Å²) in [6.07, 6.45) is 0.815. The number of phenols is 2. The van der Waals surface area contributed by atoms with E-state index in [9.17, 15) is 24.6 Å². The molecule has 3 amide bonds. The van der Waals surface area contributed by atoms with Crippen LogP contribution in [0.3, 0.4) is 0 Å². The van der Waals surface area contributed by atoms with E-state index < -0.39 is 23.4 Å². The summed E-state index contributed by atoms with van der Waals surface area (Å²) in [5.74, 6) is -3.14. The third-order valence-electron chi connectivity index (χ3n) is 7.68. The zero-order valence-electron chi connectivity index (χ0n) is 19.3. The fraction of sp³-hybridized carbons (Fsp3) is 0.250. The Morgan fingerprint density at radius 2 is 1.58 bits per heavy atom. The normalized spacial score (nSPS) is 26.4. The van der Waals surface area contributed by atoms with Crippen molar-refractivity contribution in [2.24, 2.45) is 11.8 Å². The number of carbonyl (C=O) groups excluding carboxylic acids is 3. The molecule has 0 unspecified atom stereocenters. The number of aromatic hydroxyl groups is 2. The van der Waals surface area contributed by atoms with Crippen LogP contribution in [0.15, 0.2) is 72.8 Å². The number of phenolic OH excluding ortho intramolecular Hbond substituents is 2. The summed E-state index contributed by atoms with van der Waals surface area (Å²) in [5, 5.41) is 26.0. The third-order valence-corrected chi connectivity index (χ3v) is 7.68. The molecule has 0 aromatic heterocycles. The minimum atomic E-state index is -1.36. The number of nitrogens with one attached hydrogen (secondary N) is 2. The highest BCUT2D eigenvalue weighted by atomic mass is 16.3. The van der Waals surface area contributed by atoms with Gasteiger partial charge in [0.2, 0.25) is 17.7 Å². The number of para-hydroxylation sites is 1. The van der Waals surface area contributed by atoms with Crippen LogP contribution in [0.5, 0.6) is 11.5 Å². The minimum absolute atomic E-state index is 0.237. The highest BCUT2D eigenvalue weighted by Gasteiger charge is 2.70. The molecule has 4 N–H and O–H groups in total. The number of nitrogens with zero attached hydrogens (tertiary/aromatic N) is 1. The summed E-state index contributed by atoms with van der Waals surface area (Å²) in [6, 6.07) is 20.8. The van der Waals surface area contributed by atoms with Crippen LogP contribution in [0.2, 0.25) is 0 Å². The maximum atomic E-state index is 13.8. The first-order valence-electron chi connectivity index (χ1n) is 12.0. The van der Waals surface area contributed by atoms with Gasteiger partial charge in [-0.15, -0.1) is 0 Å². The maximum Gasteiger partial charge on any atom is 0.250 e. The molecule has 0 bridgehead atoms. The second-order valence-electron chi connectivity index (χ2n) is 9.65. The Morgan fingerprint density at radius 3 is 2.36 bits per heavy atom. The molecule has 3 aromatic rings. The van der Waals surface area contributed by atoms with E-state index in [1.165, 1.54) is 17.0 Å². The molecule has 6 rings (SSSR count). The van der Waals surface area contributed by atoms with Crippen LogP contribution in [-0.2, 0) is 32.8 Å². The van der Waals surface area contributed by atoms with Crippen LogP contribution in [0.1, 0.15) is 16.7 Å². The predicted molar refractivity (Wildman–Crippen MR) is 131 cm³/mol. The van der Waals surface area contributed by atoms with Gasteiger partial charge in [0.25, 0.3) is 0 Å². The molecule has 3 aliphatic rings. The molecule has 182 valence electrons. The number of amides is 3. The molecule has 3 aromatic carbocycles. The average molecular weight is 484 g/mol. The monoisotopic (exact) mass is 483 g/mol. The average Bonchev–Trinajstić information content (AvgIpc) is 3.45. The Balaban J connectivity index is 1.39. The fourth-order valence-electron chi connectivity index (χ4n) is 6.05. The number of anilines is 1.